The number of aliphatic hydroxyl groups is 1. The van der Waals surface area contributed by atoms with Crippen molar-refractivity contribution in [2.45, 2.75) is 46.3 Å². The van der Waals surface area contributed by atoms with Crippen LogP contribution >= 0.6 is 0 Å². The Morgan fingerprint density at radius 3 is 2.72 bits per heavy atom. The lowest BCUT2D eigenvalue weighted by Crippen LogP contribution is -2.32. The number of Topliss-reactive ketones (excluding diaryl/α,β-unsaturated/α-hetero) is 1. The molecule has 0 radical (unpaired) electrons. The first-order chi connectivity index (χ1) is 11.9. The Hall–Kier alpha value is -2.46. The highest BCUT2D eigenvalue weighted by Crippen LogP contribution is 2.46. The fourth-order valence-electron chi connectivity index (χ4n) is 4.11. The van der Waals surface area contributed by atoms with E-state index < -0.39 is 6.10 Å². The number of carbonyl (C=O) groups excluding carboxylic acids is 1. The molecule has 1 aromatic rings. The van der Waals surface area contributed by atoms with Crippen LogP contribution in [-0.4, -0.2) is 28.7 Å². The molecule has 3 aliphatic rings. The Kier molecular flexibility index (Phi) is 3.55. The van der Waals surface area contributed by atoms with E-state index in [0.29, 0.717) is 6.42 Å². The average molecular weight is 334 g/mol. The molecule has 1 aromatic carbocycles. The van der Waals surface area contributed by atoms with Gasteiger partial charge in [-0.1, -0.05) is 6.92 Å². The highest BCUT2D eigenvalue weighted by Gasteiger charge is 2.39. The molecule has 128 valence electrons. The maximum absolute atomic E-state index is 12.1. The summed E-state index contributed by atoms with van der Waals surface area (Å²) in [6, 6.07) is 5.89. The van der Waals surface area contributed by atoms with Crippen molar-refractivity contribution in [1.82, 2.24) is 0 Å². The molecule has 0 saturated carbocycles. The maximum atomic E-state index is 12.1. The number of allylic oxidation sites excluding steroid dienone is 2. The van der Waals surface area contributed by atoms with E-state index in [1.807, 2.05) is 32.0 Å². The third-order valence-electron chi connectivity index (χ3n) is 5.40. The summed E-state index contributed by atoms with van der Waals surface area (Å²) in [5, 5.41) is 14.1. The van der Waals surface area contributed by atoms with Crippen LogP contribution in [0, 0.1) is 0 Å². The Morgan fingerprint density at radius 1 is 1.24 bits per heavy atom. The summed E-state index contributed by atoms with van der Waals surface area (Å²) < 4.78 is 0. The van der Waals surface area contributed by atoms with Crippen molar-refractivity contribution in [2.24, 2.45) is 4.99 Å². The highest BCUT2D eigenvalue weighted by atomic mass is 16.3. The smallest absolute Gasteiger partial charge is 0.162 e. The van der Waals surface area contributed by atoms with E-state index in [0.717, 1.165) is 44.9 Å². The van der Waals surface area contributed by atoms with E-state index in [1.165, 1.54) is 5.57 Å². The molecule has 4 heteroatoms. The normalized spacial score (nSPS) is 24.2. The number of hydrogen-bond acceptors (Lipinski definition) is 4. The van der Waals surface area contributed by atoms with Gasteiger partial charge in [-0.2, -0.15) is 0 Å². The summed E-state index contributed by atoms with van der Waals surface area (Å²) in [5.74, 6) is 0.150. The zero-order valence-electron chi connectivity index (χ0n) is 15.0. The molecule has 2 heterocycles. The summed E-state index contributed by atoms with van der Waals surface area (Å²) in [7, 11) is 0. The fraction of sp³-hybridized carbons (Fsp3) is 0.333. The number of rotatable bonds is 2. The minimum atomic E-state index is -0.619. The van der Waals surface area contributed by atoms with Crippen LogP contribution in [0.2, 0.25) is 0 Å². The number of benzene rings is 1. The van der Waals surface area contributed by atoms with Crippen LogP contribution in [0.15, 0.2) is 51.7 Å². The van der Waals surface area contributed by atoms with Crippen LogP contribution in [0.4, 0.5) is 5.69 Å². The van der Waals surface area contributed by atoms with E-state index in [9.17, 15) is 9.90 Å². The van der Waals surface area contributed by atoms with Gasteiger partial charge in [-0.3, -0.25) is 9.79 Å². The molecule has 4 nitrogen and oxygen atoms in total. The monoisotopic (exact) mass is 334 g/mol. The molecule has 0 fully saturated rings. The first-order valence-electron chi connectivity index (χ1n) is 8.73. The molecular formula is C21H22N2O2. The van der Waals surface area contributed by atoms with Gasteiger partial charge in [0, 0.05) is 34.5 Å². The van der Waals surface area contributed by atoms with Crippen LogP contribution in [-0.2, 0) is 0 Å². The molecule has 25 heavy (non-hydrogen) atoms. The first kappa shape index (κ1) is 16.0. The van der Waals surface area contributed by atoms with E-state index >= 15 is 0 Å². The van der Waals surface area contributed by atoms with E-state index in [4.69, 9.17) is 4.99 Å². The van der Waals surface area contributed by atoms with Gasteiger partial charge in [0.2, 0.25) is 0 Å². The van der Waals surface area contributed by atoms with Crippen LogP contribution < -0.4 is 5.32 Å². The maximum Gasteiger partial charge on any atom is 0.162 e. The molecule has 4 rings (SSSR count). The molecule has 0 bridgehead atoms. The second-order valence-corrected chi connectivity index (χ2v) is 6.96. The van der Waals surface area contributed by atoms with Crippen molar-refractivity contribution in [3.63, 3.8) is 0 Å². The van der Waals surface area contributed by atoms with Crippen LogP contribution in [0.25, 0.3) is 5.57 Å². The van der Waals surface area contributed by atoms with Gasteiger partial charge in [-0.05, 0) is 61.8 Å². The van der Waals surface area contributed by atoms with Gasteiger partial charge >= 0.3 is 0 Å². The van der Waals surface area contributed by atoms with Crippen molar-refractivity contribution in [2.75, 3.05) is 5.32 Å². The third-order valence-corrected chi connectivity index (χ3v) is 5.40. The SMILES string of the molecule is CCC(=O)c1ccc2c(c1)C1=C(C)C3=NC(C)=CC(O)C3=C(C)C1N2. The van der Waals surface area contributed by atoms with E-state index in [-0.39, 0.29) is 11.8 Å². The quantitative estimate of drug-likeness (QED) is 0.807. The zero-order chi connectivity index (χ0) is 17.9. The summed E-state index contributed by atoms with van der Waals surface area (Å²) in [6.45, 7) is 7.90. The number of hydrogen-bond donors (Lipinski definition) is 2. The number of anilines is 1. The predicted molar refractivity (Wildman–Crippen MR) is 101 cm³/mol. The highest BCUT2D eigenvalue weighted by molar-refractivity contribution is 6.22. The lowest BCUT2D eigenvalue weighted by Gasteiger charge is -2.31. The second-order valence-electron chi connectivity index (χ2n) is 6.96. The van der Waals surface area contributed by atoms with Gasteiger partial charge in [0.05, 0.1) is 11.8 Å². The van der Waals surface area contributed by atoms with Crippen LogP contribution in [0.3, 0.4) is 0 Å². The number of aliphatic hydroxyl groups excluding tert-OH is 1. The van der Waals surface area contributed by atoms with Gasteiger partial charge in [0.15, 0.2) is 5.78 Å². The van der Waals surface area contributed by atoms with Gasteiger partial charge in [0.25, 0.3) is 0 Å². The van der Waals surface area contributed by atoms with Crippen molar-refractivity contribution in [3.05, 3.63) is 57.8 Å². The second kappa shape index (κ2) is 5.53. The average Bonchev–Trinajstić information content (AvgIpc) is 2.97. The molecule has 1 aliphatic carbocycles. The summed E-state index contributed by atoms with van der Waals surface area (Å²) >= 11 is 0. The van der Waals surface area contributed by atoms with Gasteiger partial charge in [0.1, 0.15) is 6.10 Å². The Morgan fingerprint density at radius 2 is 2.00 bits per heavy atom. The van der Waals surface area contributed by atoms with Crippen LogP contribution in [0.1, 0.15) is 50.0 Å². The number of nitrogens with one attached hydrogen (secondary N) is 1. The lowest BCUT2D eigenvalue weighted by molar-refractivity contribution is 0.0988. The Balaban J connectivity index is 1.92. The molecule has 0 saturated heterocycles. The Labute approximate surface area is 147 Å². The zero-order valence-corrected chi connectivity index (χ0v) is 15.0. The summed E-state index contributed by atoms with van der Waals surface area (Å²) in [5.41, 5.74) is 8.80. The minimum absolute atomic E-state index is 0.0254. The largest absolute Gasteiger partial charge is 0.384 e. The Bertz CT molecular complexity index is 931. The van der Waals surface area contributed by atoms with Crippen molar-refractivity contribution < 1.29 is 9.90 Å². The molecule has 2 aliphatic heterocycles. The molecule has 0 amide bonds. The minimum Gasteiger partial charge on any atom is -0.384 e. The number of fused-ring (bicyclic) bond motifs is 4. The lowest BCUT2D eigenvalue weighted by atomic mass is 9.78. The van der Waals surface area contributed by atoms with E-state index in [1.54, 1.807) is 6.08 Å². The molecule has 0 spiro atoms. The number of carbonyl (C=O) groups is 1. The molecule has 2 atom stereocenters. The van der Waals surface area contributed by atoms with Crippen molar-refractivity contribution >= 4 is 22.8 Å². The third kappa shape index (κ3) is 2.24. The van der Waals surface area contributed by atoms with Crippen molar-refractivity contribution in [3.8, 4) is 0 Å². The van der Waals surface area contributed by atoms with E-state index in [2.05, 4.69) is 19.2 Å². The van der Waals surface area contributed by atoms with Gasteiger partial charge in [-0.15, -0.1) is 0 Å². The fourth-order valence-corrected chi connectivity index (χ4v) is 4.11. The van der Waals surface area contributed by atoms with Crippen LogP contribution in [0.5, 0.6) is 0 Å². The van der Waals surface area contributed by atoms with Crippen molar-refractivity contribution in [1.29, 1.82) is 0 Å². The summed E-state index contributed by atoms with van der Waals surface area (Å²) in [6.07, 6.45) is 1.67. The molecular weight excluding hydrogens is 312 g/mol. The molecule has 2 N–H and O–H groups in total. The van der Waals surface area contributed by atoms with Gasteiger partial charge in [-0.25, -0.2) is 0 Å². The number of ketones is 1. The number of nitrogens with zero attached hydrogens (tertiary/aromatic N) is 1. The first-order valence-corrected chi connectivity index (χ1v) is 8.73. The topological polar surface area (TPSA) is 61.7 Å². The molecule has 0 aromatic heterocycles. The number of aliphatic imine (C=N–C) groups is 1. The standard InChI is InChI=1S/C21H22N2O2/c1-5-16(24)13-6-7-15-14(9-13)18-11(3)21-19(12(4)20(18)23-15)17(25)8-10(2)22-21/h6-9,17,20,23,25H,5H2,1-4H3. The summed E-state index contributed by atoms with van der Waals surface area (Å²) in [4.78, 5) is 16.8. The molecule has 2 unspecified atom stereocenters. The predicted octanol–water partition coefficient (Wildman–Crippen LogP) is 3.90. The van der Waals surface area contributed by atoms with Gasteiger partial charge < -0.3 is 10.4 Å².